The molecule has 0 amide bonds. The standard InChI is InChI=1S/C44H29NO2S/c46-48(35-17-8-3-9-18-35)44(42(33-15-6-2-7-16-33)36-19-10-11-21-39(36)45-48)37-20-12-22-41-43(37)38-29-34(27-28-40(38)47-41)32-25-23-31(24-26-32)30-13-4-1-5-14-30/h1-29H. The number of hydrogen-bond acceptors (Lipinski definition) is 3. The van der Waals surface area contributed by atoms with E-state index in [1.165, 1.54) is 11.1 Å². The van der Waals surface area contributed by atoms with Crippen LogP contribution < -0.4 is 0 Å². The van der Waals surface area contributed by atoms with Gasteiger partial charge in [-0.2, -0.15) is 4.36 Å². The first-order valence-electron chi connectivity index (χ1n) is 16.0. The van der Waals surface area contributed by atoms with Crippen LogP contribution in [-0.2, 0) is 9.73 Å². The summed E-state index contributed by atoms with van der Waals surface area (Å²) in [6.45, 7) is 0. The summed E-state index contributed by atoms with van der Waals surface area (Å²) in [4.78, 5) is 1.37. The molecule has 8 aromatic rings. The lowest BCUT2D eigenvalue weighted by molar-refractivity contribution is 0.669. The maximum absolute atomic E-state index is 15.8. The third-order valence-electron chi connectivity index (χ3n) is 9.09. The lowest BCUT2D eigenvalue weighted by Crippen LogP contribution is -2.11. The molecule has 228 valence electrons. The molecule has 9 rings (SSSR count). The second-order valence-electron chi connectivity index (χ2n) is 12.0. The normalized spacial score (nSPS) is 15.8. The quantitative estimate of drug-likeness (QED) is 0.189. The zero-order valence-corrected chi connectivity index (χ0v) is 26.7. The molecule has 0 saturated heterocycles. The fourth-order valence-electron chi connectivity index (χ4n) is 6.84. The largest absolute Gasteiger partial charge is 0.456 e. The van der Waals surface area contributed by atoms with Gasteiger partial charge >= 0.3 is 0 Å². The molecule has 1 aliphatic heterocycles. The average molecular weight is 636 g/mol. The number of nitrogens with zero attached hydrogens (tertiary/aromatic N) is 1. The van der Waals surface area contributed by atoms with Crippen LogP contribution in [0.25, 0.3) is 54.7 Å². The maximum atomic E-state index is 15.8. The Bertz CT molecular complexity index is 2630. The summed E-state index contributed by atoms with van der Waals surface area (Å²) in [5.41, 5.74) is 10.5. The van der Waals surface area contributed by atoms with E-state index in [0.717, 1.165) is 61.0 Å². The zero-order valence-electron chi connectivity index (χ0n) is 25.9. The van der Waals surface area contributed by atoms with Crippen LogP contribution in [0, 0.1) is 0 Å². The second-order valence-corrected chi connectivity index (χ2v) is 14.1. The van der Waals surface area contributed by atoms with Gasteiger partial charge in [0, 0.05) is 27.5 Å². The molecule has 0 saturated carbocycles. The highest BCUT2D eigenvalue weighted by Gasteiger charge is 2.33. The monoisotopic (exact) mass is 635 g/mol. The number of hydrogen-bond donors (Lipinski definition) is 0. The van der Waals surface area contributed by atoms with Crippen LogP contribution in [0.2, 0.25) is 0 Å². The number of benzene rings is 7. The van der Waals surface area contributed by atoms with Gasteiger partial charge in [-0.1, -0.05) is 140 Å². The lowest BCUT2D eigenvalue weighted by atomic mass is 9.92. The van der Waals surface area contributed by atoms with E-state index in [-0.39, 0.29) is 0 Å². The fraction of sp³-hybridized carbons (Fsp3) is 0. The highest BCUT2D eigenvalue weighted by atomic mass is 32.2. The van der Waals surface area contributed by atoms with E-state index in [0.29, 0.717) is 9.80 Å². The Balaban J connectivity index is 1.33. The molecule has 2 heterocycles. The van der Waals surface area contributed by atoms with E-state index in [2.05, 4.69) is 84.9 Å². The molecule has 3 nitrogen and oxygen atoms in total. The molecule has 4 heteroatoms. The Morgan fingerprint density at radius 1 is 0.458 bits per heavy atom. The van der Waals surface area contributed by atoms with Crippen LogP contribution in [0.15, 0.2) is 190 Å². The Kier molecular flexibility index (Phi) is 6.70. The molecule has 0 bridgehead atoms. The second kappa shape index (κ2) is 11.4. The summed E-state index contributed by atoms with van der Waals surface area (Å²) in [5.74, 6) is 0. The average Bonchev–Trinajstić information content (AvgIpc) is 3.54. The molecule has 1 aliphatic rings. The minimum absolute atomic E-state index is 0.673. The Morgan fingerprint density at radius 2 is 1.02 bits per heavy atom. The van der Waals surface area contributed by atoms with Gasteiger partial charge in [0.05, 0.1) is 15.5 Å². The highest BCUT2D eigenvalue weighted by Crippen LogP contribution is 2.50. The van der Waals surface area contributed by atoms with Crippen LogP contribution in [0.4, 0.5) is 5.69 Å². The highest BCUT2D eigenvalue weighted by molar-refractivity contribution is 8.03. The first kappa shape index (κ1) is 28.3. The van der Waals surface area contributed by atoms with E-state index in [1.54, 1.807) is 0 Å². The third kappa shape index (κ3) is 4.61. The zero-order chi connectivity index (χ0) is 32.1. The van der Waals surface area contributed by atoms with Gasteiger partial charge in [0.1, 0.15) is 20.9 Å². The molecule has 7 aromatic carbocycles. The number of rotatable bonds is 5. The van der Waals surface area contributed by atoms with Gasteiger partial charge in [-0.05, 0) is 64.2 Å². The molecule has 1 unspecified atom stereocenters. The molecule has 1 atom stereocenters. The van der Waals surface area contributed by atoms with Gasteiger partial charge in [0.25, 0.3) is 0 Å². The van der Waals surface area contributed by atoms with Crippen molar-refractivity contribution in [3.63, 3.8) is 0 Å². The van der Waals surface area contributed by atoms with Crippen LogP contribution in [0.5, 0.6) is 0 Å². The molecular formula is C44H29NO2S. The first-order valence-corrected chi connectivity index (χ1v) is 17.5. The number of fused-ring (bicyclic) bond motifs is 4. The Hall–Kier alpha value is -5.97. The van der Waals surface area contributed by atoms with Crippen LogP contribution in [-0.4, -0.2) is 4.21 Å². The van der Waals surface area contributed by atoms with Gasteiger partial charge in [-0.25, -0.2) is 4.21 Å². The molecular weight excluding hydrogens is 607 g/mol. The molecule has 0 fully saturated rings. The van der Waals surface area contributed by atoms with Gasteiger partial charge in [-0.15, -0.1) is 0 Å². The molecule has 0 N–H and O–H groups in total. The van der Waals surface area contributed by atoms with Crippen molar-refractivity contribution < 1.29 is 8.63 Å². The fourth-order valence-corrected chi connectivity index (χ4v) is 9.21. The van der Waals surface area contributed by atoms with Crippen molar-refractivity contribution in [1.29, 1.82) is 0 Å². The molecule has 0 spiro atoms. The predicted octanol–water partition coefficient (Wildman–Crippen LogP) is 12.0. The summed E-state index contributed by atoms with van der Waals surface area (Å²) in [5, 5.41) is 1.90. The molecule has 0 radical (unpaired) electrons. The van der Waals surface area contributed by atoms with Crippen molar-refractivity contribution in [3.05, 3.63) is 193 Å². The molecule has 1 aromatic heterocycles. The smallest absolute Gasteiger partial charge is 0.136 e. The van der Waals surface area contributed by atoms with Crippen molar-refractivity contribution >= 4 is 47.8 Å². The predicted molar refractivity (Wildman–Crippen MR) is 198 cm³/mol. The Labute approximate surface area is 279 Å². The SMILES string of the molecule is O=S1(c2ccccc2)=Nc2ccccc2C(c2ccccc2)=C1c1cccc2oc3ccc(-c4ccc(-c5ccccc5)cc4)cc3c12. The topological polar surface area (TPSA) is 42.6 Å². The van der Waals surface area contributed by atoms with E-state index in [1.807, 2.05) is 91.0 Å². The van der Waals surface area contributed by atoms with Crippen molar-refractivity contribution in [2.24, 2.45) is 4.36 Å². The Morgan fingerprint density at radius 3 is 1.75 bits per heavy atom. The minimum Gasteiger partial charge on any atom is -0.456 e. The van der Waals surface area contributed by atoms with E-state index < -0.39 is 9.73 Å². The minimum atomic E-state index is -3.14. The van der Waals surface area contributed by atoms with Crippen LogP contribution in [0.1, 0.15) is 16.7 Å². The number of furan rings is 1. The van der Waals surface area contributed by atoms with E-state index in [4.69, 9.17) is 8.78 Å². The van der Waals surface area contributed by atoms with Gasteiger partial charge in [-0.3, -0.25) is 0 Å². The summed E-state index contributed by atoms with van der Waals surface area (Å²) < 4.78 is 27.3. The van der Waals surface area contributed by atoms with Crippen molar-refractivity contribution in [3.8, 4) is 22.3 Å². The lowest BCUT2D eigenvalue weighted by Gasteiger charge is -2.26. The van der Waals surface area contributed by atoms with Gasteiger partial charge < -0.3 is 4.42 Å². The molecule has 0 aliphatic carbocycles. The summed E-state index contributed by atoms with van der Waals surface area (Å²) in [6, 6.07) is 59.4. The summed E-state index contributed by atoms with van der Waals surface area (Å²) in [6.07, 6.45) is 0. The summed E-state index contributed by atoms with van der Waals surface area (Å²) in [7, 11) is -3.14. The molecule has 48 heavy (non-hydrogen) atoms. The van der Waals surface area contributed by atoms with Crippen molar-refractivity contribution in [1.82, 2.24) is 0 Å². The van der Waals surface area contributed by atoms with Crippen molar-refractivity contribution in [2.45, 2.75) is 4.90 Å². The first-order chi connectivity index (χ1) is 23.7. The maximum Gasteiger partial charge on any atom is 0.136 e. The van der Waals surface area contributed by atoms with E-state index in [9.17, 15) is 0 Å². The van der Waals surface area contributed by atoms with Crippen molar-refractivity contribution in [2.75, 3.05) is 0 Å². The third-order valence-corrected chi connectivity index (χ3v) is 11.4. The van der Waals surface area contributed by atoms with Crippen LogP contribution in [0.3, 0.4) is 0 Å². The van der Waals surface area contributed by atoms with Gasteiger partial charge in [0.15, 0.2) is 0 Å². The van der Waals surface area contributed by atoms with E-state index >= 15 is 4.21 Å². The van der Waals surface area contributed by atoms with Crippen LogP contribution >= 0.6 is 0 Å². The van der Waals surface area contributed by atoms with Gasteiger partial charge in [0.2, 0.25) is 0 Å². The summed E-state index contributed by atoms with van der Waals surface area (Å²) >= 11 is 0.